The van der Waals surface area contributed by atoms with Crippen LogP contribution in [0.25, 0.3) is 22.5 Å². The lowest BCUT2D eigenvalue weighted by molar-refractivity contribution is -0.129. The Morgan fingerprint density at radius 1 is 0.980 bits per heavy atom. The van der Waals surface area contributed by atoms with Crippen LogP contribution < -0.4 is 10.6 Å². The molecule has 0 spiro atoms. The standard InChI is InChI=1S/C37H43N7O6/c1-22-17-31(35(47)48)38-21-30(22)25-9-5-23(6-10-25)18-28(34(46)40-29-15-13-27(14-16-29)33-41-43-44-42-33)19-32(45)26-11-7-24(8-12-26)20-39-36(49)50-37(2,3)4/h5-6,9-10,13-17,21,24,26,28H,7-8,11-12,18-20H2,1-4H3,(H,39,49)(H,40,46)(H,47,48)(H,41,42,43,44)/t24?,26?,28-/m1/s1. The molecule has 2 aromatic carbocycles. The highest BCUT2D eigenvalue weighted by Gasteiger charge is 2.31. The SMILES string of the molecule is Cc1cc(C(=O)O)ncc1-c1ccc(C[C@H](CC(=O)C2CCC(CNC(=O)OC(C)(C)C)CC2)C(=O)Nc2ccc(-c3nn[nH]n3)cc2)cc1. The number of carboxylic acids is 1. The molecule has 5 rings (SSSR count). The summed E-state index contributed by atoms with van der Waals surface area (Å²) in [5, 5.41) is 29.1. The predicted molar refractivity (Wildman–Crippen MR) is 186 cm³/mol. The van der Waals surface area contributed by atoms with Crippen LogP contribution in [-0.2, 0) is 20.7 Å². The van der Waals surface area contributed by atoms with Crippen LogP contribution in [0.15, 0.2) is 60.8 Å². The maximum absolute atomic E-state index is 13.8. The third-order valence-electron chi connectivity index (χ3n) is 8.89. The summed E-state index contributed by atoms with van der Waals surface area (Å²) in [5.41, 5.74) is 4.09. The van der Waals surface area contributed by atoms with Gasteiger partial charge < -0.3 is 20.5 Å². The quantitative estimate of drug-likeness (QED) is 0.138. The van der Waals surface area contributed by atoms with Crippen LogP contribution in [-0.4, -0.2) is 66.6 Å². The van der Waals surface area contributed by atoms with Crippen LogP contribution in [0.2, 0.25) is 0 Å². The lowest BCUT2D eigenvalue weighted by Crippen LogP contribution is -2.37. The average molecular weight is 682 g/mol. The number of hydrogen-bond acceptors (Lipinski definition) is 9. The minimum absolute atomic E-state index is 0.0169. The number of nitrogens with zero attached hydrogens (tertiary/aromatic N) is 4. The summed E-state index contributed by atoms with van der Waals surface area (Å²) in [6.45, 7) is 7.80. The molecular weight excluding hydrogens is 638 g/mol. The first-order valence-electron chi connectivity index (χ1n) is 16.8. The number of anilines is 1. The molecule has 13 nitrogen and oxygen atoms in total. The number of pyridine rings is 1. The number of aromatic amines is 1. The van der Waals surface area contributed by atoms with Crippen molar-refractivity contribution in [2.24, 2.45) is 17.8 Å². The number of carbonyl (C=O) groups is 4. The van der Waals surface area contributed by atoms with Crippen molar-refractivity contribution < 1.29 is 29.0 Å². The zero-order valence-electron chi connectivity index (χ0n) is 28.7. The summed E-state index contributed by atoms with van der Waals surface area (Å²) in [5.74, 6) is -1.34. The topological polar surface area (TPSA) is 189 Å². The fourth-order valence-corrected chi connectivity index (χ4v) is 6.21. The molecule has 0 unspecified atom stereocenters. The number of aromatic nitrogens is 5. The van der Waals surface area contributed by atoms with Crippen molar-refractivity contribution in [3.8, 4) is 22.5 Å². The Kier molecular flexibility index (Phi) is 11.3. The second-order valence-corrected chi connectivity index (χ2v) is 13.9. The van der Waals surface area contributed by atoms with Gasteiger partial charge in [0.05, 0.1) is 0 Å². The Bertz CT molecular complexity index is 1790. The van der Waals surface area contributed by atoms with Gasteiger partial charge in [-0.25, -0.2) is 14.6 Å². The molecule has 262 valence electrons. The smallest absolute Gasteiger partial charge is 0.407 e. The highest BCUT2D eigenvalue weighted by atomic mass is 16.6. The van der Waals surface area contributed by atoms with Crippen molar-refractivity contribution in [1.29, 1.82) is 0 Å². The molecule has 0 bridgehead atoms. The average Bonchev–Trinajstić information content (AvgIpc) is 3.62. The second-order valence-electron chi connectivity index (χ2n) is 13.9. The van der Waals surface area contributed by atoms with Crippen LogP contribution in [0, 0.1) is 24.7 Å². The minimum atomic E-state index is -1.08. The maximum atomic E-state index is 13.8. The van der Waals surface area contributed by atoms with Gasteiger partial charge in [-0.05, 0) is 118 Å². The summed E-state index contributed by atoms with van der Waals surface area (Å²) in [4.78, 5) is 54.9. The van der Waals surface area contributed by atoms with Gasteiger partial charge in [0.25, 0.3) is 0 Å². The first-order valence-corrected chi connectivity index (χ1v) is 16.8. The summed E-state index contributed by atoms with van der Waals surface area (Å²) >= 11 is 0. The fraction of sp³-hybridized carbons (Fsp3) is 0.405. The number of H-pyrrole nitrogens is 1. The predicted octanol–water partition coefficient (Wildman–Crippen LogP) is 6.02. The summed E-state index contributed by atoms with van der Waals surface area (Å²) in [7, 11) is 0. The van der Waals surface area contributed by atoms with Crippen LogP contribution in [0.1, 0.15) is 74.5 Å². The van der Waals surface area contributed by atoms with Gasteiger partial charge in [-0.15, -0.1) is 10.2 Å². The largest absolute Gasteiger partial charge is 0.477 e. The Morgan fingerprint density at radius 2 is 1.66 bits per heavy atom. The number of tetrazole rings is 1. The Hall–Kier alpha value is -5.46. The first-order chi connectivity index (χ1) is 23.8. The van der Waals surface area contributed by atoms with Crippen molar-refractivity contribution in [1.82, 2.24) is 30.9 Å². The lowest BCUT2D eigenvalue weighted by Gasteiger charge is -2.29. The molecule has 1 aliphatic rings. The van der Waals surface area contributed by atoms with Gasteiger partial charge >= 0.3 is 12.1 Å². The van der Waals surface area contributed by atoms with Crippen LogP contribution in [0.3, 0.4) is 0 Å². The Balaban J connectivity index is 1.25. The van der Waals surface area contributed by atoms with E-state index in [1.54, 1.807) is 30.5 Å². The number of benzene rings is 2. The molecule has 50 heavy (non-hydrogen) atoms. The van der Waals surface area contributed by atoms with Crippen LogP contribution >= 0.6 is 0 Å². The molecule has 13 heteroatoms. The molecule has 0 aliphatic heterocycles. The maximum Gasteiger partial charge on any atom is 0.407 e. The zero-order valence-corrected chi connectivity index (χ0v) is 28.7. The van der Waals surface area contributed by atoms with Crippen molar-refractivity contribution in [2.45, 2.75) is 71.8 Å². The van der Waals surface area contributed by atoms with E-state index in [4.69, 9.17) is 4.74 Å². The number of Topliss-reactive ketones (excluding diaryl/α,β-unsaturated/α-hetero) is 1. The van der Waals surface area contributed by atoms with E-state index in [0.717, 1.165) is 40.7 Å². The number of carboxylic acid groups (broad SMARTS) is 1. The van der Waals surface area contributed by atoms with Crippen LogP contribution in [0.5, 0.6) is 0 Å². The number of hydrogen-bond donors (Lipinski definition) is 4. The highest BCUT2D eigenvalue weighted by molar-refractivity contribution is 5.96. The number of aryl methyl sites for hydroxylation is 1. The zero-order chi connectivity index (χ0) is 35.8. The van der Waals surface area contributed by atoms with Gasteiger partial charge in [0.15, 0.2) is 0 Å². The Labute approximate surface area is 290 Å². The highest BCUT2D eigenvalue weighted by Crippen LogP contribution is 2.32. The van der Waals surface area contributed by atoms with Crippen molar-refractivity contribution in [3.63, 3.8) is 0 Å². The molecule has 2 amide bonds. The van der Waals surface area contributed by atoms with Crippen LogP contribution in [0.4, 0.5) is 10.5 Å². The summed E-state index contributed by atoms with van der Waals surface area (Å²) in [6, 6.07) is 16.3. The molecule has 1 aliphatic carbocycles. The lowest BCUT2D eigenvalue weighted by atomic mass is 9.77. The van der Waals surface area contributed by atoms with Gasteiger partial charge in [0.2, 0.25) is 11.7 Å². The first kappa shape index (κ1) is 35.8. The number of nitrogens with one attached hydrogen (secondary N) is 3. The molecule has 1 fully saturated rings. The molecule has 2 aromatic heterocycles. The number of ether oxygens (including phenoxy) is 1. The van der Waals surface area contributed by atoms with E-state index in [2.05, 4.69) is 36.2 Å². The molecule has 1 atom stereocenters. The van der Waals surface area contributed by atoms with E-state index in [1.807, 2.05) is 52.0 Å². The van der Waals surface area contributed by atoms with Crippen molar-refractivity contribution in [3.05, 3.63) is 77.6 Å². The summed E-state index contributed by atoms with van der Waals surface area (Å²) in [6.07, 6.45) is 4.57. The normalized spacial score (nSPS) is 16.6. The van der Waals surface area contributed by atoms with E-state index in [0.29, 0.717) is 37.3 Å². The number of alkyl carbamates (subject to hydrolysis) is 1. The van der Waals surface area contributed by atoms with Gasteiger partial charge in [-0.2, -0.15) is 5.21 Å². The number of ketones is 1. The Morgan fingerprint density at radius 3 is 2.26 bits per heavy atom. The number of carbonyl (C=O) groups excluding carboxylic acids is 3. The second kappa shape index (κ2) is 15.8. The number of aromatic carboxylic acids is 1. The fourth-order valence-electron chi connectivity index (χ4n) is 6.21. The van der Waals surface area contributed by atoms with E-state index in [9.17, 15) is 24.3 Å². The van der Waals surface area contributed by atoms with Crippen molar-refractivity contribution >= 4 is 29.4 Å². The molecule has 2 heterocycles. The number of rotatable bonds is 12. The van der Waals surface area contributed by atoms with Gasteiger partial charge in [0, 0.05) is 47.8 Å². The monoisotopic (exact) mass is 681 g/mol. The van der Waals surface area contributed by atoms with E-state index in [1.165, 1.54) is 6.07 Å². The van der Waals surface area contributed by atoms with E-state index in [-0.39, 0.29) is 35.6 Å². The minimum Gasteiger partial charge on any atom is -0.477 e. The number of amides is 2. The van der Waals surface area contributed by atoms with Gasteiger partial charge in [0.1, 0.15) is 17.1 Å². The molecule has 4 N–H and O–H groups in total. The molecule has 0 radical (unpaired) electrons. The third-order valence-corrected chi connectivity index (χ3v) is 8.89. The van der Waals surface area contributed by atoms with Gasteiger partial charge in [-0.3, -0.25) is 9.59 Å². The third kappa shape index (κ3) is 9.80. The summed E-state index contributed by atoms with van der Waals surface area (Å²) < 4.78 is 5.34. The van der Waals surface area contributed by atoms with Gasteiger partial charge in [-0.1, -0.05) is 24.3 Å². The van der Waals surface area contributed by atoms with E-state index < -0.39 is 23.6 Å². The molecule has 4 aromatic rings. The molecular formula is C37H43N7O6. The molecule has 0 saturated heterocycles. The van der Waals surface area contributed by atoms with E-state index >= 15 is 0 Å². The van der Waals surface area contributed by atoms with Crippen molar-refractivity contribution in [2.75, 3.05) is 11.9 Å². The molecule has 1 saturated carbocycles.